The Morgan fingerprint density at radius 2 is 2.47 bits per heavy atom. The molecule has 17 heavy (non-hydrogen) atoms. The minimum atomic E-state index is 0.514. The Hall–Kier alpha value is -1.07. The van der Waals surface area contributed by atoms with E-state index in [1.807, 2.05) is 17.1 Å². The Balaban J connectivity index is 1.87. The molecule has 0 saturated heterocycles. The predicted octanol–water partition coefficient (Wildman–Crippen LogP) is 1.07. The lowest BCUT2D eigenvalue weighted by Crippen LogP contribution is -2.29. The van der Waals surface area contributed by atoms with Gasteiger partial charge < -0.3 is 15.8 Å². The van der Waals surface area contributed by atoms with Crippen LogP contribution in [0.15, 0.2) is 12.4 Å². The lowest BCUT2D eigenvalue weighted by molar-refractivity contribution is 0.183. The van der Waals surface area contributed by atoms with Gasteiger partial charge in [-0.15, -0.1) is 0 Å². The number of nitrogens with one attached hydrogen (secondary N) is 1. The van der Waals surface area contributed by atoms with Crippen LogP contribution in [0.4, 0.5) is 5.69 Å². The summed E-state index contributed by atoms with van der Waals surface area (Å²) in [7, 11) is 1.70. The van der Waals surface area contributed by atoms with Crippen molar-refractivity contribution in [2.45, 2.75) is 31.8 Å². The lowest BCUT2D eigenvalue weighted by atomic mass is 10.0. The van der Waals surface area contributed by atoms with E-state index in [1.54, 1.807) is 7.11 Å². The van der Waals surface area contributed by atoms with E-state index in [0.29, 0.717) is 18.6 Å². The molecule has 5 heteroatoms. The highest BCUT2D eigenvalue weighted by Crippen LogP contribution is 2.27. The molecule has 0 amide bonds. The molecule has 1 saturated carbocycles. The molecule has 1 fully saturated rings. The molecule has 0 bridgehead atoms. The molecule has 1 aromatic rings. The van der Waals surface area contributed by atoms with E-state index < -0.39 is 0 Å². The first-order valence-corrected chi connectivity index (χ1v) is 6.31. The van der Waals surface area contributed by atoms with Crippen LogP contribution >= 0.6 is 0 Å². The van der Waals surface area contributed by atoms with Gasteiger partial charge in [-0.1, -0.05) is 6.42 Å². The molecular formula is C12H22N4O. The second-order valence-corrected chi connectivity index (χ2v) is 4.66. The Kier molecular flexibility index (Phi) is 4.39. The van der Waals surface area contributed by atoms with E-state index in [9.17, 15) is 0 Å². The fraction of sp³-hybridized carbons (Fsp3) is 0.750. The van der Waals surface area contributed by atoms with Gasteiger partial charge in [-0.25, -0.2) is 0 Å². The van der Waals surface area contributed by atoms with Crippen LogP contribution in [0.2, 0.25) is 0 Å². The summed E-state index contributed by atoms with van der Waals surface area (Å²) in [5.41, 5.74) is 6.86. The minimum absolute atomic E-state index is 0.514. The second kappa shape index (κ2) is 6.02. The summed E-state index contributed by atoms with van der Waals surface area (Å²) in [6.07, 6.45) is 7.64. The Labute approximate surface area is 102 Å². The number of hydrogen-bond donors (Lipinski definition) is 2. The van der Waals surface area contributed by atoms with E-state index in [-0.39, 0.29) is 0 Å². The molecule has 2 rings (SSSR count). The normalized spacial score (nSPS) is 24.1. The van der Waals surface area contributed by atoms with Crippen LogP contribution < -0.4 is 11.1 Å². The van der Waals surface area contributed by atoms with Crippen molar-refractivity contribution in [2.24, 2.45) is 11.7 Å². The summed E-state index contributed by atoms with van der Waals surface area (Å²) < 4.78 is 6.93. The average molecular weight is 238 g/mol. The third-order valence-electron chi connectivity index (χ3n) is 3.47. The zero-order valence-corrected chi connectivity index (χ0v) is 10.4. The first-order chi connectivity index (χ1) is 8.33. The Morgan fingerprint density at radius 3 is 3.24 bits per heavy atom. The zero-order chi connectivity index (χ0) is 12.1. The van der Waals surface area contributed by atoms with Gasteiger partial charge in [0.25, 0.3) is 0 Å². The fourth-order valence-corrected chi connectivity index (χ4v) is 2.47. The average Bonchev–Trinajstić information content (AvgIpc) is 2.96. The molecule has 1 heterocycles. The van der Waals surface area contributed by atoms with Crippen molar-refractivity contribution in [3.8, 4) is 0 Å². The highest BCUT2D eigenvalue weighted by molar-refractivity contribution is 5.39. The molecule has 1 aromatic heterocycles. The third-order valence-corrected chi connectivity index (χ3v) is 3.47. The van der Waals surface area contributed by atoms with Crippen molar-refractivity contribution >= 4 is 5.69 Å². The SMILES string of the molecule is COCCn1cc(NC2CCCC2CN)cn1. The van der Waals surface area contributed by atoms with Crippen LogP contribution in [0.1, 0.15) is 19.3 Å². The van der Waals surface area contributed by atoms with E-state index in [0.717, 1.165) is 18.8 Å². The van der Waals surface area contributed by atoms with Crippen molar-refractivity contribution in [3.05, 3.63) is 12.4 Å². The van der Waals surface area contributed by atoms with Gasteiger partial charge in [-0.05, 0) is 25.3 Å². The molecule has 1 aliphatic carbocycles. The summed E-state index contributed by atoms with van der Waals surface area (Å²) in [5, 5.41) is 7.82. The van der Waals surface area contributed by atoms with Crippen molar-refractivity contribution < 1.29 is 4.74 Å². The van der Waals surface area contributed by atoms with Gasteiger partial charge in [0.15, 0.2) is 0 Å². The minimum Gasteiger partial charge on any atom is -0.383 e. The molecule has 0 aromatic carbocycles. The van der Waals surface area contributed by atoms with Crippen molar-refractivity contribution in [2.75, 3.05) is 25.6 Å². The summed E-state index contributed by atoms with van der Waals surface area (Å²) in [5.74, 6) is 0.609. The van der Waals surface area contributed by atoms with Gasteiger partial charge in [0, 0.05) is 19.3 Å². The highest BCUT2D eigenvalue weighted by Gasteiger charge is 2.25. The van der Waals surface area contributed by atoms with Gasteiger partial charge in [0.05, 0.1) is 25.0 Å². The monoisotopic (exact) mass is 238 g/mol. The zero-order valence-electron chi connectivity index (χ0n) is 10.4. The lowest BCUT2D eigenvalue weighted by Gasteiger charge is -2.19. The number of methoxy groups -OCH3 is 1. The summed E-state index contributed by atoms with van der Waals surface area (Å²) in [4.78, 5) is 0. The van der Waals surface area contributed by atoms with Crippen LogP contribution in [-0.4, -0.2) is 36.1 Å². The topological polar surface area (TPSA) is 65.1 Å². The summed E-state index contributed by atoms with van der Waals surface area (Å²) >= 11 is 0. The fourth-order valence-electron chi connectivity index (χ4n) is 2.47. The predicted molar refractivity (Wildman–Crippen MR) is 67.9 cm³/mol. The van der Waals surface area contributed by atoms with Gasteiger partial charge >= 0.3 is 0 Å². The summed E-state index contributed by atoms with van der Waals surface area (Å²) in [6, 6.07) is 0.514. The van der Waals surface area contributed by atoms with Crippen LogP contribution in [0.5, 0.6) is 0 Å². The number of anilines is 1. The van der Waals surface area contributed by atoms with Gasteiger partial charge in [0.1, 0.15) is 0 Å². The number of nitrogens with zero attached hydrogens (tertiary/aromatic N) is 2. The molecule has 96 valence electrons. The Morgan fingerprint density at radius 1 is 1.59 bits per heavy atom. The van der Waals surface area contributed by atoms with E-state index >= 15 is 0 Å². The molecular weight excluding hydrogens is 216 g/mol. The molecule has 0 aliphatic heterocycles. The molecule has 0 radical (unpaired) electrons. The number of rotatable bonds is 6. The molecule has 1 aliphatic rings. The number of nitrogens with two attached hydrogens (primary N) is 1. The number of hydrogen-bond acceptors (Lipinski definition) is 4. The van der Waals surface area contributed by atoms with Gasteiger partial charge in [-0.3, -0.25) is 4.68 Å². The second-order valence-electron chi connectivity index (χ2n) is 4.66. The quantitative estimate of drug-likeness (QED) is 0.778. The van der Waals surface area contributed by atoms with E-state index in [1.165, 1.54) is 19.3 Å². The van der Waals surface area contributed by atoms with E-state index in [2.05, 4.69) is 10.4 Å². The van der Waals surface area contributed by atoms with Gasteiger partial charge in [0.2, 0.25) is 0 Å². The molecule has 5 nitrogen and oxygen atoms in total. The van der Waals surface area contributed by atoms with Crippen LogP contribution in [0.25, 0.3) is 0 Å². The van der Waals surface area contributed by atoms with E-state index in [4.69, 9.17) is 10.5 Å². The third kappa shape index (κ3) is 3.20. The maximum Gasteiger partial charge on any atom is 0.0728 e. The first-order valence-electron chi connectivity index (χ1n) is 6.31. The molecule has 3 N–H and O–H groups in total. The maximum atomic E-state index is 5.77. The Bertz CT molecular complexity index is 339. The standard InChI is InChI=1S/C12H22N4O/c1-17-6-5-16-9-11(8-14-16)15-12-4-2-3-10(12)7-13/h8-10,12,15H,2-7,13H2,1H3. The first kappa shape index (κ1) is 12.4. The molecule has 2 unspecified atom stereocenters. The van der Waals surface area contributed by atoms with Gasteiger partial charge in [-0.2, -0.15) is 5.10 Å². The smallest absolute Gasteiger partial charge is 0.0728 e. The number of ether oxygens (including phenoxy) is 1. The summed E-state index contributed by atoms with van der Waals surface area (Å²) in [6.45, 7) is 2.26. The maximum absolute atomic E-state index is 5.77. The molecule has 2 atom stereocenters. The molecule has 0 spiro atoms. The van der Waals surface area contributed by atoms with Crippen molar-refractivity contribution in [1.82, 2.24) is 9.78 Å². The number of aromatic nitrogens is 2. The van der Waals surface area contributed by atoms with Crippen molar-refractivity contribution in [3.63, 3.8) is 0 Å². The highest BCUT2D eigenvalue weighted by atomic mass is 16.5. The largest absolute Gasteiger partial charge is 0.383 e. The van der Waals surface area contributed by atoms with Crippen LogP contribution in [0.3, 0.4) is 0 Å². The van der Waals surface area contributed by atoms with Crippen LogP contribution in [-0.2, 0) is 11.3 Å². The van der Waals surface area contributed by atoms with Crippen LogP contribution in [0, 0.1) is 5.92 Å². The van der Waals surface area contributed by atoms with Crippen molar-refractivity contribution in [1.29, 1.82) is 0 Å².